The number of rotatable bonds is 8. The molecule has 18 heavy (non-hydrogen) atoms. The van der Waals surface area contributed by atoms with Crippen LogP contribution < -0.4 is 5.73 Å². The zero-order valence-corrected chi connectivity index (χ0v) is 12.8. The highest BCUT2D eigenvalue weighted by Crippen LogP contribution is 2.21. The summed E-state index contributed by atoms with van der Waals surface area (Å²) in [5, 5.41) is 4.39. The fourth-order valence-electron chi connectivity index (χ4n) is 2.11. The molecule has 2 N–H and O–H groups in total. The zero-order chi connectivity index (χ0) is 13.5. The number of hydrogen-bond donors (Lipinski definition) is 1. The van der Waals surface area contributed by atoms with E-state index in [1.54, 1.807) is 0 Å². The van der Waals surface area contributed by atoms with E-state index in [0.717, 1.165) is 18.7 Å². The molecule has 0 radical (unpaired) electrons. The maximum atomic E-state index is 5.94. The van der Waals surface area contributed by atoms with Gasteiger partial charge in [-0.2, -0.15) is 16.9 Å². The Bertz CT molecular complexity index is 339. The van der Waals surface area contributed by atoms with Crippen LogP contribution in [0, 0.1) is 0 Å². The molecule has 104 valence electrons. The molecule has 0 aliphatic rings. The molecule has 0 aliphatic carbocycles. The fourth-order valence-corrected chi connectivity index (χ4v) is 2.82. The molecule has 0 fully saturated rings. The molecule has 1 heterocycles. The van der Waals surface area contributed by atoms with E-state index in [2.05, 4.69) is 43.3 Å². The summed E-state index contributed by atoms with van der Waals surface area (Å²) >= 11 is 1.87. The lowest BCUT2D eigenvalue weighted by atomic mass is 10.1. The lowest BCUT2D eigenvalue weighted by Crippen LogP contribution is -2.38. The summed E-state index contributed by atoms with van der Waals surface area (Å²) < 4.78 is 2.01. The Balaban J connectivity index is 2.74. The number of thioether (sulfide) groups is 1. The minimum absolute atomic E-state index is 0.262. The van der Waals surface area contributed by atoms with Gasteiger partial charge in [0.2, 0.25) is 0 Å². The molecule has 0 aromatic carbocycles. The van der Waals surface area contributed by atoms with E-state index in [9.17, 15) is 0 Å². The molecular formula is C13H26N4S. The highest BCUT2D eigenvalue weighted by atomic mass is 32.2. The number of aryl methyl sites for hydroxylation is 1. The molecule has 1 aromatic heterocycles. The summed E-state index contributed by atoms with van der Waals surface area (Å²) in [4.78, 5) is 2.35. The van der Waals surface area contributed by atoms with Gasteiger partial charge in [0.05, 0.1) is 12.2 Å². The van der Waals surface area contributed by atoms with Gasteiger partial charge < -0.3 is 5.73 Å². The predicted octanol–water partition coefficient (Wildman–Crippen LogP) is 1.98. The van der Waals surface area contributed by atoms with Crippen LogP contribution in [0.25, 0.3) is 0 Å². The molecule has 0 spiro atoms. The molecule has 0 saturated heterocycles. The topological polar surface area (TPSA) is 47.1 Å². The lowest BCUT2D eigenvalue weighted by Gasteiger charge is -2.31. The van der Waals surface area contributed by atoms with Crippen molar-refractivity contribution in [1.82, 2.24) is 14.7 Å². The average Bonchev–Trinajstić information content (AvgIpc) is 2.79. The molecule has 5 heteroatoms. The largest absolute Gasteiger partial charge is 0.329 e. The highest BCUT2D eigenvalue weighted by Gasteiger charge is 2.21. The summed E-state index contributed by atoms with van der Waals surface area (Å²) in [6.45, 7) is 6.01. The SMILES string of the molecule is CCCn1cc(C(CN)N(C)C(C)CSC)cn1. The summed E-state index contributed by atoms with van der Waals surface area (Å²) in [6.07, 6.45) is 7.33. The first-order valence-electron chi connectivity index (χ1n) is 6.57. The molecule has 0 bridgehead atoms. The molecular weight excluding hydrogens is 244 g/mol. The highest BCUT2D eigenvalue weighted by molar-refractivity contribution is 7.98. The average molecular weight is 270 g/mol. The van der Waals surface area contributed by atoms with E-state index in [0.29, 0.717) is 12.6 Å². The second-order valence-corrected chi connectivity index (χ2v) is 5.67. The van der Waals surface area contributed by atoms with Crippen LogP contribution >= 0.6 is 11.8 Å². The number of hydrogen-bond acceptors (Lipinski definition) is 4. The molecule has 2 atom stereocenters. The van der Waals surface area contributed by atoms with E-state index in [4.69, 9.17) is 5.73 Å². The second kappa shape index (κ2) is 7.81. The Morgan fingerprint density at radius 1 is 1.56 bits per heavy atom. The standard InChI is InChI=1S/C13H26N4S/c1-5-6-17-9-12(8-15-17)13(7-14)16(3)11(2)10-18-4/h8-9,11,13H,5-7,10,14H2,1-4H3. The van der Waals surface area contributed by atoms with Crippen molar-refractivity contribution in [1.29, 1.82) is 0 Å². The van der Waals surface area contributed by atoms with Crippen molar-refractivity contribution in [3.05, 3.63) is 18.0 Å². The van der Waals surface area contributed by atoms with Gasteiger partial charge in [0.15, 0.2) is 0 Å². The quantitative estimate of drug-likeness (QED) is 0.784. The molecule has 1 aromatic rings. The summed E-state index contributed by atoms with van der Waals surface area (Å²) in [5.74, 6) is 1.12. The second-order valence-electron chi connectivity index (χ2n) is 4.76. The van der Waals surface area contributed by atoms with Gasteiger partial charge in [0.1, 0.15) is 0 Å². The Kier molecular flexibility index (Phi) is 6.75. The summed E-state index contributed by atoms with van der Waals surface area (Å²) in [6, 6.07) is 0.779. The zero-order valence-electron chi connectivity index (χ0n) is 12.0. The smallest absolute Gasteiger partial charge is 0.0538 e. The first kappa shape index (κ1) is 15.5. The van der Waals surface area contributed by atoms with Crippen molar-refractivity contribution < 1.29 is 0 Å². The molecule has 1 rings (SSSR count). The maximum Gasteiger partial charge on any atom is 0.0538 e. The predicted molar refractivity (Wildman–Crippen MR) is 79.9 cm³/mol. The third-order valence-electron chi connectivity index (χ3n) is 3.31. The van der Waals surface area contributed by atoms with E-state index >= 15 is 0 Å². The van der Waals surface area contributed by atoms with Crippen molar-refractivity contribution in [2.75, 3.05) is 25.6 Å². The van der Waals surface area contributed by atoms with E-state index in [1.807, 2.05) is 22.6 Å². The van der Waals surface area contributed by atoms with Gasteiger partial charge in [-0.15, -0.1) is 0 Å². The first-order chi connectivity index (χ1) is 8.63. The number of aromatic nitrogens is 2. The Hall–Kier alpha value is -0.520. The van der Waals surface area contributed by atoms with E-state index < -0.39 is 0 Å². The van der Waals surface area contributed by atoms with Crippen molar-refractivity contribution >= 4 is 11.8 Å². The Morgan fingerprint density at radius 2 is 2.28 bits per heavy atom. The van der Waals surface area contributed by atoms with E-state index in [1.165, 1.54) is 5.56 Å². The van der Waals surface area contributed by atoms with Crippen molar-refractivity contribution in [3.8, 4) is 0 Å². The normalized spacial score (nSPS) is 15.0. The van der Waals surface area contributed by atoms with Gasteiger partial charge in [-0.3, -0.25) is 9.58 Å². The minimum atomic E-state index is 0.262. The molecule has 0 aliphatic heterocycles. The first-order valence-corrected chi connectivity index (χ1v) is 7.96. The van der Waals surface area contributed by atoms with Crippen LogP contribution in [0.2, 0.25) is 0 Å². The number of nitrogens with two attached hydrogens (primary N) is 1. The van der Waals surface area contributed by atoms with Crippen LogP contribution in [-0.2, 0) is 6.54 Å². The Morgan fingerprint density at radius 3 is 2.83 bits per heavy atom. The van der Waals surface area contributed by atoms with Crippen LogP contribution in [0.15, 0.2) is 12.4 Å². The minimum Gasteiger partial charge on any atom is -0.329 e. The number of nitrogens with zero attached hydrogens (tertiary/aromatic N) is 3. The molecule has 0 amide bonds. The van der Waals surface area contributed by atoms with Crippen molar-refractivity contribution in [2.24, 2.45) is 5.73 Å². The van der Waals surface area contributed by atoms with Gasteiger partial charge in [0.25, 0.3) is 0 Å². The Labute approximate surface area is 115 Å². The van der Waals surface area contributed by atoms with Crippen LogP contribution in [0.5, 0.6) is 0 Å². The van der Waals surface area contributed by atoms with Gasteiger partial charge >= 0.3 is 0 Å². The lowest BCUT2D eigenvalue weighted by molar-refractivity contribution is 0.204. The van der Waals surface area contributed by atoms with Crippen LogP contribution in [0.4, 0.5) is 0 Å². The van der Waals surface area contributed by atoms with Gasteiger partial charge in [-0.05, 0) is 26.6 Å². The van der Waals surface area contributed by atoms with Gasteiger partial charge in [0, 0.05) is 36.6 Å². The third-order valence-corrected chi connectivity index (χ3v) is 4.12. The van der Waals surface area contributed by atoms with Crippen molar-refractivity contribution in [3.63, 3.8) is 0 Å². The monoisotopic (exact) mass is 270 g/mol. The van der Waals surface area contributed by atoms with Gasteiger partial charge in [-0.1, -0.05) is 6.92 Å². The maximum absolute atomic E-state index is 5.94. The molecule has 0 saturated carbocycles. The van der Waals surface area contributed by atoms with Crippen LogP contribution in [-0.4, -0.2) is 46.3 Å². The van der Waals surface area contributed by atoms with E-state index in [-0.39, 0.29) is 6.04 Å². The number of likely N-dealkylation sites (N-methyl/N-ethyl adjacent to an activating group) is 1. The van der Waals surface area contributed by atoms with Crippen LogP contribution in [0.3, 0.4) is 0 Å². The molecule has 4 nitrogen and oxygen atoms in total. The summed E-state index contributed by atoms with van der Waals surface area (Å²) in [7, 11) is 2.15. The van der Waals surface area contributed by atoms with Gasteiger partial charge in [-0.25, -0.2) is 0 Å². The molecule has 2 unspecified atom stereocenters. The third kappa shape index (κ3) is 4.00. The fraction of sp³-hybridized carbons (Fsp3) is 0.769. The van der Waals surface area contributed by atoms with Crippen molar-refractivity contribution in [2.45, 2.75) is 38.9 Å². The van der Waals surface area contributed by atoms with Crippen LogP contribution in [0.1, 0.15) is 31.9 Å². The summed E-state index contributed by atoms with van der Waals surface area (Å²) in [5.41, 5.74) is 7.16.